The van der Waals surface area contributed by atoms with Crippen LogP contribution < -0.4 is 0 Å². The summed E-state index contributed by atoms with van der Waals surface area (Å²) in [7, 11) is 0. The van der Waals surface area contributed by atoms with E-state index in [-0.39, 0.29) is 11.7 Å². The summed E-state index contributed by atoms with van der Waals surface area (Å²) in [5, 5.41) is 1.16. The van der Waals surface area contributed by atoms with Gasteiger partial charge in [0.25, 0.3) is 0 Å². The molecule has 30 heavy (non-hydrogen) atoms. The number of fused-ring (bicyclic) bond motifs is 3. The molecule has 1 amide bonds. The Bertz CT molecular complexity index is 1230. The molecule has 0 saturated heterocycles. The van der Waals surface area contributed by atoms with Crippen LogP contribution in [0.15, 0.2) is 57.6 Å². The quantitative estimate of drug-likeness (QED) is 0.446. The molecule has 2 aromatic carbocycles. The number of benzene rings is 2. The molecule has 0 atom stereocenters. The van der Waals surface area contributed by atoms with E-state index in [1.807, 2.05) is 11.0 Å². The standard InChI is InChI=1S/C23H19BrFN3O2/c24-15-3-6-19-17(11-15)18-13-28(10-9-20(18)27-19)23(29)8-7-22-26-12-21(30-22)14-1-4-16(25)5-2-14/h1-6,11-12,27H,7-10,13H2. The first-order valence-corrected chi connectivity index (χ1v) is 10.6. The molecule has 5 rings (SSSR count). The van der Waals surface area contributed by atoms with Crippen molar-refractivity contribution in [2.45, 2.75) is 25.8 Å². The van der Waals surface area contributed by atoms with Gasteiger partial charge in [-0.25, -0.2) is 9.37 Å². The zero-order valence-electron chi connectivity index (χ0n) is 16.1. The first-order valence-electron chi connectivity index (χ1n) is 9.84. The monoisotopic (exact) mass is 467 g/mol. The van der Waals surface area contributed by atoms with E-state index in [1.165, 1.54) is 23.4 Å². The first-order chi connectivity index (χ1) is 14.6. The molecule has 0 unspecified atom stereocenters. The van der Waals surface area contributed by atoms with Gasteiger partial charge < -0.3 is 14.3 Å². The average molecular weight is 468 g/mol. The van der Waals surface area contributed by atoms with Crippen molar-refractivity contribution in [1.29, 1.82) is 0 Å². The Hall–Kier alpha value is -2.93. The largest absolute Gasteiger partial charge is 0.441 e. The van der Waals surface area contributed by atoms with Gasteiger partial charge in [0.15, 0.2) is 11.7 Å². The zero-order valence-corrected chi connectivity index (χ0v) is 17.7. The minimum absolute atomic E-state index is 0.0894. The lowest BCUT2D eigenvalue weighted by Gasteiger charge is -2.27. The number of hydrogen-bond acceptors (Lipinski definition) is 3. The number of H-pyrrole nitrogens is 1. The average Bonchev–Trinajstić information content (AvgIpc) is 3.36. The molecule has 2 aromatic heterocycles. The van der Waals surface area contributed by atoms with Gasteiger partial charge in [-0.15, -0.1) is 0 Å². The van der Waals surface area contributed by atoms with E-state index in [1.54, 1.807) is 18.3 Å². The van der Waals surface area contributed by atoms with Gasteiger partial charge >= 0.3 is 0 Å². The van der Waals surface area contributed by atoms with Gasteiger partial charge in [0, 0.05) is 64.5 Å². The van der Waals surface area contributed by atoms with Crippen LogP contribution in [0.3, 0.4) is 0 Å². The molecule has 0 bridgehead atoms. The number of nitrogens with one attached hydrogen (secondary N) is 1. The van der Waals surface area contributed by atoms with Crippen LogP contribution in [-0.4, -0.2) is 27.3 Å². The Morgan fingerprint density at radius 1 is 1.23 bits per heavy atom. The molecular weight excluding hydrogens is 449 g/mol. The van der Waals surface area contributed by atoms with Crippen LogP contribution >= 0.6 is 15.9 Å². The van der Waals surface area contributed by atoms with Crippen molar-refractivity contribution in [3.8, 4) is 11.3 Å². The maximum absolute atomic E-state index is 13.1. The molecule has 4 aromatic rings. The number of carbonyl (C=O) groups is 1. The highest BCUT2D eigenvalue weighted by Gasteiger charge is 2.24. The summed E-state index contributed by atoms with van der Waals surface area (Å²) in [5.74, 6) is 0.878. The second kappa shape index (κ2) is 7.72. The van der Waals surface area contributed by atoms with Gasteiger partial charge in [0.2, 0.25) is 5.91 Å². The fraction of sp³-hybridized carbons (Fsp3) is 0.217. The second-order valence-corrected chi connectivity index (χ2v) is 8.38. The van der Waals surface area contributed by atoms with Gasteiger partial charge in [-0.2, -0.15) is 0 Å². The number of oxazole rings is 1. The zero-order chi connectivity index (χ0) is 20.7. The molecule has 1 N–H and O–H groups in total. The Kier molecular flexibility index (Phi) is 4.90. The molecular formula is C23H19BrFN3O2. The van der Waals surface area contributed by atoms with E-state index in [4.69, 9.17) is 4.42 Å². The van der Waals surface area contributed by atoms with E-state index in [0.29, 0.717) is 37.6 Å². The Balaban J connectivity index is 1.25. The van der Waals surface area contributed by atoms with Crippen molar-refractivity contribution in [3.05, 3.63) is 76.1 Å². The summed E-state index contributed by atoms with van der Waals surface area (Å²) in [5.41, 5.74) is 4.27. The summed E-state index contributed by atoms with van der Waals surface area (Å²) in [6.45, 7) is 1.31. The second-order valence-electron chi connectivity index (χ2n) is 7.46. The Morgan fingerprint density at radius 2 is 2.07 bits per heavy atom. The predicted octanol–water partition coefficient (Wildman–Crippen LogP) is 5.24. The van der Waals surface area contributed by atoms with Gasteiger partial charge in [-0.1, -0.05) is 15.9 Å². The van der Waals surface area contributed by atoms with Crippen LogP contribution in [0.4, 0.5) is 4.39 Å². The number of hydrogen-bond donors (Lipinski definition) is 1. The third-order valence-electron chi connectivity index (χ3n) is 5.53. The maximum atomic E-state index is 13.1. The minimum Gasteiger partial charge on any atom is -0.441 e. The van der Waals surface area contributed by atoms with Crippen LogP contribution in [-0.2, 0) is 24.2 Å². The maximum Gasteiger partial charge on any atom is 0.223 e. The Morgan fingerprint density at radius 3 is 2.90 bits per heavy atom. The van der Waals surface area contributed by atoms with Crippen LogP contribution in [0.1, 0.15) is 23.6 Å². The van der Waals surface area contributed by atoms with Crippen LogP contribution in [0.2, 0.25) is 0 Å². The minimum atomic E-state index is -0.295. The van der Waals surface area contributed by atoms with Crippen LogP contribution in [0.5, 0.6) is 0 Å². The molecule has 152 valence electrons. The lowest BCUT2D eigenvalue weighted by molar-refractivity contribution is -0.132. The molecule has 0 saturated carbocycles. The Labute approximate surface area is 181 Å². The van der Waals surface area contributed by atoms with Crippen molar-refractivity contribution in [1.82, 2.24) is 14.9 Å². The van der Waals surface area contributed by atoms with E-state index < -0.39 is 0 Å². The molecule has 0 fully saturated rings. The van der Waals surface area contributed by atoms with Crippen molar-refractivity contribution in [3.63, 3.8) is 0 Å². The number of halogens is 2. The number of carbonyl (C=O) groups excluding carboxylic acids is 1. The summed E-state index contributed by atoms with van der Waals surface area (Å²) < 4.78 is 19.9. The normalized spacial score (nSPS) is 13.6. The van der Waals surface area contributed by atoms with Crippen molar-refractivity contribution < 1.29 is 13.6 Å². The molecule has 0 spiro atoms. The summed E-state index contributed by atoms with van der Waals surface area (Å²) in [6.07, 6.45) is 3.21. The number of nitrogens with zero attached hydrogens (tertiary/aromatic N) is 2. The first kappa shape index (κ1) is 19.1. The number of aromatic amines is 1. The van der Waals surface area contributed by atoms with Gasteiger partial charge in [-0.3, -0.25) is 4.79 Å². The lowest BCUT2D eigenvalue weighted by atomic mass is 10.0. The smallest absolute Gasteiger partial charge is 0.223 e. The van der Waals surface area contributed by atoms with Gasteiger partial charge in [0.05, 0.1) is 6.20 Å². The fourth-order valence-corrected chi connectivity index (χ4v) is 4.31. The predicted molar refractivity (Wildman–Crippen MR) is 115 cm³/mol. The van der Waals surface area contributed by atoms with Gasteiger partial charge in [0.1, 0.15) is 5.82 Å². The number of amides is 1. The topological polar surface area (TPSA) is 62.1 Å². The summed E-state index contributed by atoms with van der Waals surface area (Å²) in [6, 6.07) is 12.2. The fourth-order valence-electron chi connectivity index (χ4n) is 3.94. The van der Waals surface area contributed by atoms with Crippen molar-refractivity contribution in [2.75, 3.05) is 6.54 Å². The highest BCUT2D eigenvalue weighted by molar-refractivity contribution is 9.10. The van der Waals surface area contributed by atoms with Crippen molar-refractivity contribution in [2.24, 2.45) is 0 Å². The van der Waals surface area contributed by atoms with E-state index in [2.05, 4.69) is 38.0 Å². The van der Waals surface area contributed by atoms with Crippen molar-refractivity contribution >= 4 is 32.7 Å². The van der Waals surface area contributed by atoms with E-state index in [9.17, 15) is 9.18 Å². The van der Waals surface area contributed by atoms with E-state index in [0.717, 1.165) is 27.4 Å². The summed E-state index contributed by atoms with van der Waals surface area (Å²) in [4.78, 5) is 22.5. The van der Waals surface area contributed by atoms with E-state index >= 15 is 0 Å². The number of rotatable bonds is 4. The molecule has 7 heteroatoms. The lowest BCUT2D eigenvalue weighted by Crippen LogP contribution is -2.35. The molecule has 3 heterocycles. The molecule has 5 nitrogen and oxygen atoms in total. The third-order valence-corrected chi connectivity index (χ3v) is 6.02. The number of aryl methyl sites for hydroxylation is 1. The SMILES string of the molecule is O=C(CCc1ncc(-c2ccc(F)cc2)o1)N1CCc2[nH]c3ccc(Br)cc3c2C1. The third kappa shape index (κ3) is 3.65. The summed E-state index contributed by atoms with van der Waals surface area (Å²) >= 11 is 3.53. The highest BCUT2D eigenvalue weighted by atomic mass is 79.9. The molecule has 1 aliphatic heterocycles. The molecule has 1 aliphatic rings. The number of aromatic nitrogens is 2. The molecule has 0 radical (unpaired) electrons. The highest BCUT2D eigenvalue weighted by Crippen LogP contribution is 2.30. The van der Waals surface area contributed by atoms with Gasteiger partial charge in [-0.05, 0) is 42.5 Å². The molecule has 0 aliphatic carbocycles. The van der Waals surface area contributed by atoms with Crippen LogP contribution in [0, 0.1) is 5.82 Å². The van der Waals surface area contributed by atoms with Crippen LogP contribution in [0.25, 0.3) is 22.2 Å².